The van der Waals surface area contributed by atoms with Crippen LogP contribution in [0.15, 0.2) is 41.6 Å². The lowest BCUT2D eigenvalue weighted by atomic mass is 9.79. The molecule has 1 aromatic carbocycles. The van der Waals surface area contributed by atoms with E-state index in [0.717, 1.165) is 35.5 Å². The molecule has 4 nitrogen and oxygen atoms in total. The molecular formula is C22H23ClN2O2. The van der Waals surface area contributed by atoms with E-state index in [2.05, 4.69) is 18.3 Å². The largest absolute Gasteiger partial charge is 0.466 e. The molecule has 5 heteroatoms. The minimum absolute atomic E-state index is 0.248. The van der Waals surface area contributed by atoms with Crippen molar-refractivity contribution in [3.63, 3.8) is 0 Å². The molecule has 2 heterocycles. The lowest BCUT2D eigenvalue weighted by Gasteiger charge is -2.32. The Balaban J connectivity index is 1.92. The predicted molar refractivity (Wildman–Crippen MR) is 107 cm³/mol. The quantitative estimate of drug-likeness (QED) is 0.753. The minimum atomic E-state index is -0.332. The van der Waals surface area contributed by atoms with E-state index >= 15 is 0 Å². The topological polar surface area (TPSA) is 51.2 Å². The minimum Gasteiger partial charge on any atom is -0.466 e. The van der Waals surface area contributed by atoms with E-state index in [1.165, 1.54) is 24.8 Å². The van der Waals surface area contributed by atoms with Gasteiger partial charge in [0.15, 0.2) is 0 Å². The summed E-state index contributed by atoms with van der Waals surface area (Å²) in [5, 5.41) is 3.98. The van der Waals surface area contributed by atoms with Crippen molar-refractivity contribution in [2.75, 3.05) is 12.4 Å². The SMILES string of the molecule is COC(=O)C1=C(C)Nc2nc3c(cc2C1c1cccc(Cl)c1)CC(C)CC3. The second-order valence-corrected chi connectivity index (χ2v) is 7.96. The van der Waals surface area contributed by atoms with Crippen molar-refractivity contribution in [3.8, 4) is 0 Å². The molecule has 0 amide bonds. The molecule has 0 bridgehead atoms. The van der Waals surface area contributed by atoms with Crippen LogP contribution < -0.4 is 5.32 Å². The highest BCUT2D eigenvalue weighted by atomic mass is 35.5. The number of benzene rings is 1. The summed E-state index contributed by atoms with van der Waals surface area (Å²) >= 11 is 6.26. The summed E-state index contributed by atoms with van der Waals surface area (Å²) in [6.45, 7) is 4.18. The maximum Gasteiger partial charge on any atom is 0.336 e. The second-order valence-electron chi connectivity index (χ2n) is 7.52. The molecule has 2 atom stereocenters. The third-order valence-corrected chi connectivity index (χ3v) is 5.79. The first-order chi connectivity index (χ1) is 13.0. The predicted octanol–water partition coefficient (Wildman–Crippen LogP) is 4.86. The maximum atomic E-state index is 12.6. The van der Waals surface area contributed by atoms with E-state index in [9.17, 15) is 4.79 Å². The van der Waals surface area contributed by atoms with Crippen LogP contribution in [0.4, 0.5) is 5.82 Å². The third-order valence-electron chi connectivity index (χ3n) is 5.56. The first-order valence-corrected chi connectivity index (χ1v) is 9.70. The van der Waals surface area contributed by atoms with Gasteiger partial charge in [-0.2, -0.15) is 0 Å². The number of halogens is 1. The highest BCUT2D eigenvalue weighted by Gasteiger charge is 2.35. The average Bonchev–Trinajstić information content (AvgIpc) is 2.65. The number of ether oxygens (including phenoxy) is 1. The van der Waals surface area contributed by atoms with Gasteiger partial charge in [0.2, 0.25) is 0 Å². The third kappa shape index (κ3) is 3.23. The van der Waals surface area contributed by atoms with Gasteiger partial charge in [-0.05, 0) is 61.4 Å². The summed E-state index contributed by atoms with van der Waals surface area (Å²) in [5.74, 6) is 0.901. The molecule has 0 fully saturated rings. The lowest BCUT2D eigenvalue weighted by Crippen LogP contribution is -2.26. The van der Waals surface area contributed by atoms with Crippen LogP contribution in [0.2, 0.25) is 5.02 Å². The van der Waals surface area contributed by atoms with Crippen LogP contribution in [0.3, 0.4) is 0 Å². The number of carbonyl (C=O) groups excluding carboxylic acids is 1. The molecule has 27 heavy (non-hydrogen) atoms. The van der Waals surface area contributed by atoms with Gasteiger partial charge in [0, 0.05) is 27.9 Å². The summed E-state index contributed by atoms with van der Waals surface area (Å²) in [7, 11) is 1.42. The molecule has 0 saturated heterocycles. The zero-order chi connectivity index (χ0) is 19.1. The molecule has 1 N–H and O–H groups in total. The molecule has 2 aromatic rings. The van der Waals surface area contributed by atoms with Crippen molar-refractivity contribution in [2.45, 2.75) is 39.0 Å². The number of fused-ring (bicyclic) bond motifs is 2. The highest BCUT2D eigenvalue weighted by molar-refractivity contribution is 6.30. The average molecular weight is 383 g/mol. The van der Waals surface area contributed by atoms with Crippen LogP contribution >= 0.6 is 11.6 Å². The zero-order valence-corrected chi connectivity index (χ0v) is 16.6. The van der Waals surface area contributed by atoms with Gasteiger partial charge in [-0.1, -0.05) is 30.7 Å². The Morgan fingerprint density at radius 3 is 2.89 bits per heavy atom. The number of aryl methyl sites for hydroxylation is 1. The molecule has 0 saturated carbocycles. The van der Waals surface area contributed by atoms with E-state index in [-0.39, 0.29) is 11.9 Å². The Morgan fingerprint density at radius 2 is 2.15 bits per heavy atom. The number of anilines is 1. The molecule has 4 rings (SSSR count). The Bertz CT molecular complexity index is 951. The van der Waals surface area contributed by atoms with E-state index in [1.54, 1.807) is 0 Å². The van der Waals surface area contributed by atoms with Crippen molar-refractivity contribution in [1.82, 2.24) is 4.98 Å². The highest BCUT2D eigenvalue weighted by Crippen LogP contribution is 2.43. The van der Waals surface area contributed by atoms with Crippen molar-refractivity contribution < 1.29 is 9.53 Å². The zero-order valence-electron chi connectivity index (χ0n) is 15.8. The van der Waals surface area contributed by atoms with Gasteiger partial charge >= 0.3 is 5.97 Å². The molecular weight excluding hydrogens is 360 g/mol. The fraction of sp³-hybridized carbons (Fsp3) is 0.364. The number of nitrogens with one attached hydrogen (secondary N) is 1. The number of esters is 1. The van der Waals surface area contributed by atoms with Gasteiger partial charge in [0.05, 0.1) is 12.7 Å². The fourth-order valence-electron chi connectivity index (χ4n) is 4.21. The summed E-state index contributed by atoms with van der Waals surface area (Å²) in [4.78, 5) is 17.5. The Hall–Kier alpha value is -2.33. The lowest BCUT2D eigenvalue weighted by molar-refractivity contribution is -0.136. The molecule has 2 aliphatic rings. The van der Waals surface area contributed by atoms with E-state index in [1.807, 2.05) is 31.2 Å². The second kappa shape index (κ2) is 7.01. The number of hydrogen-bond acceptors (Lipinski definition) is 4. The standard InChI is InChI=1S/C22H23ClN2O2/c1-12-7-8-18-15(9-12)11-17-20(14-5-4-6-16(23)10-14)19(22(26)27-3)13(2)24-21(17)25-18/h4-6,10-12,20H,7-9H2,1-3H3,(H,24,25). The van der Waals surface area contributed by atoms with Crippen LogP contribution in [0.25, 0.3) is 0 Å². The number of carbonyl (C=O) groups is 1. The van der Waals surface area contributed by atoms with Crippen LogP contribution in [-0.2, 0) is 22.4 Å². The number of pyridine rings is 1. The van der Waals surface area contributed by atoms with Gasteiger partial charge in [0.25, 0.3) is 0 Å². The molecule has 0 radical (unpaired) electrons. The van der Waals surface area contributed by atoms with Gasteiger partial charge in [0.1, 0.15) is 5.82 Å². The molecule has 2 unspecified atom stereocenters. The molecule has 1 aromatic heterocycles. The normalized spacial score (nSPS) is 21.2. The van der Waals surface area contributed by atoms with Crippen LogP contribution in [0.1, 0.15) is 48.6 Å². The van der Waals surface area contributed by atoms with Gasteiger partial charge < -0.3 is 10.1 Å². The molecule has 1 aliphatic carbocycles. The van der Waals surface area contributed by atoms with Crippen LogP contribution in [0, 0.1) is 5.92 Å². The van der Waals surface area contributed by atoms with E-state index in [0.29, 0.717) is 16.5 Å². The van der Waals surface area contributed by atoms with Crippen molar-refractivity contribution >= 4 is 23.4 Å². The molecule has 0 spiro atoms. The Morgan fingerprint density at radius 1 is 1.33 bits per heavy atom. The summed E-state index contributed by atoms with van der Waals surface area (Å²) < 4.78 is 5.10. The van der Waals surface area contributed by atoms with Gasteiger partial charge in [-0.25, -0.2) is 9.78 Å². The summed E-state index contributed by atoms with van der Waals surface area (Å²) in [6.07, 6.45) is 3.19. The van der Waals surface area contributed by atoms with Crippen molar-refractivity contribution in [1.29, 1.82) is 0 Å². The number of nitrogens with zero attached hydrogens (tertiary/aromatic N) is 1. The summed E-state index contributed by atoms with van der Waals surface area (Å²) in [6, 6.07) is 9.90. The fourth-order valence-corrected chi connectivity index (χ4v) is 4.41. The van der Waals surface area contributed by atoms with Crippen LogP contribution in [0.5, 0.6) is 0 Å². The summed E-state index contributed by atoms with van der Waals surface area (Å²) in [5.41, 5.74) is 5.81. The molecule has 140 valence electrons. The number of allylic oxidation sites excluding steroid dienone is 1. The van der Waals surface area contributed by atoms with E-state index < -0.39 is 0 Å². The van der Waals surface area contributed by atoms with Gasteiger partial charge in [-0.15, -0.1) is 0 Å². The van der Waals surface area contributed by atoms with Gasteiger partial charge in [-0.3, -0.25) is 0 Å². The maximum absolute atomic E-state index is 12.6. The monoisotopic (exact) mass is 382 g/mol. The smallest absolute Gasteiger partial charge is 0.336 e. The number of rotatable bonds is 2. The number of aromatic nitrogens is 1. The van der Waals surface area contributed by atoms with Crippen molar-refractivity contribution in [2.24, 2.45) is 5.92 Å². The Labute approximate surface area is 164 Å². The molecule has 1 aliphatic heterocycles. The van der Waals surface area contributed by atoms with E-state index in [4.69, 9.17) is 21.3 Å². The van der Waals surface area contributed by atoms with Crippen LogP contribution in [-0.4, -0.2) is 18.1 Å². The first kappa shape index (κ1) is 18.1. The Kier molecular flexibility index (Phi) is 4.68. The number of hydrogen-bond donors (Lipinski definition) is 1. The number of methoxy groups -OCH3 is 1. The van der Waals surface area contributed by atoms with Crippen molar-refractivity contribution in [3.05, 3.63) is 69.0 Å². The first-order valence-electron chi connectivity index (χ1n) is 9.32.